The summed E-state index contributed by atoms with van der Waals surface area (Å²) in [6.07, 6.45) is 6.74. The van der Waals surface area contributed by atoms with E-state index in [1.165, 1.54) is 0 Å². The first-order chi connectivity index (χ1) is 15.0. The van der Waals surface area contributed by atoms with Crippen LogP contribution in [-0.4, -0.2) is 15.3 Å². The minimum atomic E-state index is -0.570. The molecule has 0 saturated carbocycles. The Hall–Kier alpha value is -3.72. The van der Waals surface area contributed by atoms with E-state index in [2.05, 4.69) is 19.7 Å². The Morgan fingerprint density at radius 2 is 0.839 bits per heavy atom. The van der Waals surface area contributed by atoms with Crippen LogP contribution in [0.3, 0.4) is 0 Å². The zero-order valence-electron chi connectivity index (χ0n) is 17.6. The van der Waals surface area contributed by atoms with Crippen LogP contribution >= 0.6 is 0 Å². The van der Waals surface area contributed by atoms with Crippen molar-refractivity contribution in [3.05, 3.63) is 126 Å². The highest BCUT2D eigenvalue weighted by Gasteiger charge is 2.27. The number of allylic oxidation sites excluding steroid dienone is 3. The van der Waals surface area contributed by atoms with Crippen LogP contribution in [0.5, 0.6) is 17.2 Å². The third kappa shape index (κ3) is 4.41. The molecule has 158 valence electrons. The molecule has 0 radical (unpaired) electrons. The molecule has 0 aliphatic carbocycles. The van der Waals surface area contributed by atoms with Gasteiger partial charge in [-0.05, 0) is 36.0 Å². The first-order valence-electron chi connectivity index (χ1n) is 10.3. The lowest BCUT2D eigenvalue weighted by Gasteiger charge is -2.24. The standard InChI is InChI=1S/C28H28O3/c1-4-10-19-13-7-16-22(26(19)29)25(23-17-8-14-20(11-5-2)27(23)30)24-18-9-15-21(12-6-3)28(24)31/h4-9,13-18,25,29-31H,1-3,10-12H2. The number of para-hydroxylation sites is 3. The molecule has 0 fully saturated rings. The minimum Gasteiger partial charge on any atom is -0.507 e. The minimum absolute atomic E-state index is 0.134. The second-order valence-electron chi connectivity index (χ2n) is 7.48. The van der Waals surface area contributed by atoms with E-state index in [4.69, 9.17) is 0 Å². The molecule has 3 aromatic rings. The SMILES string of the molecule is C=CCc1cccc(C(c2cccc(CC=C)c2O)c2cccc(CC=C)c2O)c1O. The lowest BCUT2D eigenvalue weighted by atomic mass is 9.81. The molecule has 0 bridgehead atoms. The average molecular weight is 413 g/mol. The van der Waals surface area contributed by atoms with Gasteiger partial charge >= 0.3 is 0 Å². The molecule has 0 aliphatic rings. The van der Waals surface area contributed by atoms with Crippen LogP contribution < -0.4 is 0 Å². The van der Waals surface area contributed by atoms with Crippen LogP contribution in [0.15, 0.2) is 92.6 Å². The zero-order valence-corrected chi connectivity index (χ0v) is 17.6. The monoisotopic (exact) mass is 412 g/mol. The molecule has 0 saturated heterocycles. The maximum Gasteiger partial charge on any atom is 0.123 e. The van der Waals surface area contributed by atoms with Crippen molar-refractivity contribution in [2.75, 3.05) is 0 Å². The Kier molecular flexibility index (Phi) is 6.99. The van der Waals surface area contributed by atoms with E-state index in [0.717, 1.165) is 16.7 Å². The van der Waals surface area contributed by atoms with Crippen molar-refractivity contribution in [3.8, 4) is 17.2 Å². The summed E-state index contributed by atoms with van der Waals surface area (Å²) in [4.78, 5) is 0. The van der Waals surface area contributed by atoms with Gasteiger partial charge in [-0.2, -0.15) is 0 Å². The zero-order chi connectivity index (χ0) is 22.4. The third-order valence-electron chi connectivity index (χ3n) is 5.48. The summed E-state index contributed by atoms with van der Waals surface area (Å²) in [5.41, 5.74) is 4.03. The van der Waals surface area contributed by atoms with Gasteiger partial charge < -0.3 is 15.3 Å². The Morgan fingerprint density at radius 3 is 1.10 bits per heavy atom. The van der Waals surface area contributed by atoms with Gasteiger partial charge in [0, 0.05) is 22.6 Å². The summed E-state index contributed by atoms with van der Waals surface area (Å²) < 4.78 is 0. The van der Waals surface area contributed by atoms with Crippen LogP contribution in [0, 0.1) is 0 Å². The first kappa shape index (κ1) is 22.0. The fraction of sp³-hybridized carbons (Fsp3) is 0.143. The van der Waals surface area contributed by atoms with Crippen LogP contribution in [0.1, 0.15) is 39.3 Å². The first-order valence-corrected chi connectivity index (χ1v) is 10.3. The number of hydrogen-bond donors (Lipinski definition) is 3. The smallest absolute Gasteiger partial charge is 0.123 e. The van der Waals surface area contributed by atoms with Crippen molar-refractivity contribution >= 4 is 0 Å². The topological polar surface area (TPSA) is 60.7 Å². The van der Waals surface area contributed by atoms with E-state index in [1.807, 2.05) is 54.6 Å². The summed E-state index contributed by atoms with van der Waals surface area (Å²) in [6, 6.07) is 16.6. The summed E-state index contributed by atoms with van der Waals surface area (Å²) in [5, 5.41) is 33.3. The van der Waals surface area contributed by atoms with Gasteiger partial charge in [-0.25, -0.2) is 0 Å². The van der Waals surface area contributed by atoms with Gasteiger partial charge in [-0.1, -0.05) is 72.8 Å². The lowest BCUT2D eigenvalue weighted by Crippen LogP contribution is -2.07. The second kappa shape index (κ2) is 9.86. The number of hydrogen-bond acceptors (Lipinski definition) is 3. The van der Waals surface area contributed by atoms with E-state index >= 15 is 0 Å². The van der Waals surface area contributed by atoms with Gasteiger partial charge in [0.05, 0.1) is 0 Å². The number of phenols is 3. The van der Waals surface area contributed by atoms with E-state index in [9.17, 15) is 15.3 Å². The highest BCUT2D eigenvalue weighted by Crippen LogP contribution is 2.46. The fourth-order valence-electron chi connectivity index (χ4n) is 4.00. The van der Waals surface area contributed by atoms with Gasteiger partial charge in [0.1, 0.15) is 17.2 Å². The van der Waals surface area contributed by atoms with Crippen molar-refractivity contribution in [3.63, 3.8) is 0 Å². The second-order valence-corrected chi connectivity index (χ2v) is 7.48. The largest absolute Gasteiger partial charge is 0.507 e. The molecule has 3 rings (SSSR count). The molecule has 31 heavy (non-hydrogen) atoms. The van der Waals surface area contributed by atoms with E-state index < -0.39 is 5.92 Å². The van der Waals surface area contributed by atoms with Crippen molar-refractivity contribution in [2.24, 2.45) is 0 Å². The van der Waals surface area contributed by atoms with Gasteiger partial charge in [-0.15, -0.1) is 19.7 Å². The number of aromatic hydroxyl groups is 3. The summed E-state index contributed by atoms with van der Waals surface area (Å²) in [6.45, 7) is 11.3. The van der Waals surface area contributed by atoms with E-state index in [0.29, 0.717) is 36.0 Å². The van der Waals surface area contributed by atoms with Crippen molar-refractivity contribution in [1.82, 2.24) is 0 Å². The normalized spacial score (nSPS) is 10.7. The molecule has 3 nitrogen and oxygen atoms in total. The van der Waals surface area contributed by atoms with Gasteiger partial charge in [0.2, 0.25) is 0 Å². The maximum absolute atomic E-state index is 11.1. The molecule has 0 heterocycles. The van der Waals surface area contributed by atoms with Crippen LogP contribution in [0.25, 0.3) is 0 Å². The lowest BCUT2D eigenvalue weighted by molar-refractivity contribution is 0.445. The predicted molar refractivity (Wildman–Crippen MR) is 127 cm³/mol. The van der Waals surface area contributed by atoms with Crippen LogP contribution in [0.4, 0.5) is 0 Å². The molecule has 0 unspecified atom stereocenters. The third-order valence-corrected chi connectivity index (χ3v) is 5.48. The Labute approximate surface area is 184 Å². The van der Waals surface area contributed by atoms with E-state index in [-0.39, 0.29) is 17.2 Å². The van der Waals surface area contributed by atoms with Gasteiger partial charge in [0.25, 0.3) is 0 Å². The molecule has 0 spiro atoms. The molecule has 3 aromatic carbocycles. The predicted octanol–water partition coefficient (Wildman–Crippen LogP) is 6.17. The molecule has 0 amide bonds. The highest BCUT2D eigenvalue weighted by molar-refractivity contribution is 5.60. The maximum atomic E-state index is 11.1. The molecule has 0 atom stereocenters. The number of phenolic OH excluding ortho intramolecular Hbond substituents is 3. The van der Waals surface area contributed by atoms with Crippen molar-refractivity contribution < 1.29 is 15.3 Å². The molecule has 0 aromatic heterocycles. The Bertz CT molecular complexity index is 970. The summed E-state index contributed by atoms with van der Waals surface area (Å²) >= 11 is 0. The molecule has 0 aliphatic heterocycles. The summed E-state index contributed by atoms with van der Waals surface area (Å²) in [5.74, 6) is -0.169. The fourth-order valence-corrected chi connectivity index (χ4v) is 4.00. The quantitative estimate of drug-likeness (QED) is 0.291. The molecular weight excluding hydrogens is 384 g/mol. The number of benzene rings is 3. The Balaban J connectivity index is 2.32. The average Bonchev–Trinajstić information content (AvgIpc) is 2.76. The Morgan fingerprint density at radius 1 is 0.548 bits per heavy atom. The summed E-state index contributed by atoms with van der Waals surface area (Å²) in [7, 11) is 0. The highest BCUT2D eigenvalue weighted by atomic mass is 16.3. The number of rotatable bonds is 9. The van der Waals surface area contributed by atoms with E-state index in [1.54, 1.807) is 18.2 Å². The molecule has 3 N–H and O–H groups in total. The molecular formula is C28H28O3. The van der Waals surface area contributed by atoms with Gasteiger partial charge in [-0.3, -0.25) is 0 Å². The van der Waals surface area contributed by atoms with Gasteiger partial charge in [0.15, 0.2) is 0 Å². The van der Waals surface area contributed by atoms with Crippen LogP contribution in [0.2, 0.25) is 0 Å². The molecule has 3 heteroatoms. The van der Waals surface area contributed by atoms with Crippen LogP contribution in [-0.2, 0) is 19.3 Å². The van der Waals surface area contributed by atoms with Crippen molar-refractivity contribution in [2.45, 2.75) is 25.2 Å². The van der Waals surface area contributed by atoms with Crippen molar-refractivity contribution in [1.29, 1.82) is 0 Å².